The van der Waals surface area contributed by atoms with Gasteiger partial charge in [-0.15, -0.1) is 8.42 Å². The third-order valence-corrected chi connectivity index (χ3v) is 3.11. The average Bonchev–Trinajstić information content (AvgIpc) is 2.38. The highest BCUT2D eigenvalue weighted by Gasteiger charge is 2.16. The SMILES string of the molecule is O=C(O)c1ccc(OS(=O)(=O)Oc2cccc(O)c2)cc1. The van der Waals surface area contributed by atoms with Crippen molar-refractivity contribution < 1.29 is 31.8 Å². The molecule has 21 heavy (non-hydrogen) atoms. The fourth-order valence-corrected chi connectivity index (χ4v) is 2.16. The van der Waals surface area contributed by atoms with Crippen molar-refractivity contribution in [3.63, 3.8) is 0 Å². The molecule has 0 aliphatic heterocycles. The summed E-state index contributed by atoms with van der Waals surface area (Å²) >= 11 is 0. The molecule has 110 valence electrons. The predicted molar refractivity (Wildman–Crippen MR) is 71.7 cm³/mol. The molecule has 0 bridgehead atoms. The Morgan fingerprint density at radius 3 is 2.14 bits per heavy atom. The third kappa shape index (κ3) is 4.11. The highest BCUT2D eigenvalue weighted by atomic mass is 32.3. The molecule has 2 rings (SSSR count). The molecule has 0 amide bonds. The first kappa shape index (κ1) is 14.7. The van der Waals surface area contributed by atoms with Gasteiger partial charge in [-0.05, 0) is 36.4 Å². The molecule has 0 saturated carbocycles. The van der Waals surface area contributed by atoms with E-state index < -0.39 is 16.4 Å². The smallest absolute Gasteiger partial charge is 0.500 e. The second kappa shape index (κ2) is 5.71. The van der Waals surface area contributed by atoms with Gasteiger partial charge in [-0.3, -0.25) is 0 Å². The van der Waals surface area contributed by atoms with Crippen molar-refractivity contribution in [2.75, 3.05) is 0 Å². The Balaban J connectivity index is 2.12. The van der Waals surface area contributed by atoms with Gasteiger partial charge in [0.05, 0.1) is 5.56 Å². The van der Waals surface area contributed by atoms with Crippen molar-refractivity contribution >= 4 is 16.4 Å². The Morgan fingerprint density at radius 1 is 0.952 bits per heavy atom. The Morgan fingerprint density at radius 2 is 1.57 bits per heavy atom. The van der Waals surface area contributed by atoms with E-state index in [2.05, 4.69) is 8.37 Å². The lowest BCUT2D eigenvalue weighted by molar-refractivity contribution is 0.0697. The van der Waals surface area contributed by atoms with E-state index >= 15 is 0 Å². The van der Waals surface area contributed by atoms with Crippen LogP contribution in [-0.4, -0.2) is 24.6 Å². The molecule has 0 fully saturated rings. The molecular formula is C13H10O7S. The van der Waals surface area contributed by atoms with Crippen LogP contribution in [0.2, 0.25) is 0 Å². The van der Waals surface area contributed by atoms with Gasteiger partial charge < -0.3 is 18.6 Å². The van der Waals surface area contributed by atoms with E-state index in [9.17, 15) is 18.3 Å². The molecule has 0 atom stereocenters. The van der Waals surface area contributed by atoms with E-state index in [4.69, 9.17) is 5.11 Å². The summed E-state index contributed by atoms with van der Waals surface area (Å²) in [6.45, 7) is 0. The van der Waals surface area contributed by atoms with Gasteiger partial charge in [-0.1, -0.05) is 6.07 Å². The molecule has 0 unspecified atom stereocenters. The maximum absolute atomic E-state index is 11.7. The minimum Gasteiger partial charge on any atom is -0.508 e. The first-order chi connectivity index (χ1) is 9.85. The van der Waals surface area contributed by atoms with Gasteiger partial charge in [0.25, 0.3) is 0 Å². The first-order valence-corrected chi connectivity index (χ1v) is 6.95. The second-order valence-corrected chi connectivity index (χ2v) is 5.05. The lowest BCUT2D eigenvalue weighted by Gasteiger charge is -2.08. The number of phenols is 1. The lowest BCUT2D eigenvalue weighted by Crippen LogP contribution is -2.16. The Hall–Kier alpha value is -2.74. The van der Waals surface area contributed by atoms with Crippen molar-refractivity contribution in [3.05, 3.63) is 54.1 Å². The van der Waals surface area contributed by atoms with Crippen LogP contribution in [0.4, 0.5) is 0 Å². The van der Waals surface area contributed by atoms with Gasteiger partial charge >= 0.3 is 16.4 Å². The molecule has 0 aromatic heterocycles. The van der Waals surface area contributed by atoms with Gasteiger partial charge in [0.1, 0.15) is 17.2 Å². The van der Waals surface area contributed by atoms with Gasteiger partial charge in [0.15, 0.2) is 0 Å². The molecule has 0 saturated heterocycles. The molecule has 0 heterocycles. The van der Waals surface area contributed by atoms with Crippen molar-refractivity contribution in [1.29, 1.82) is 0 Å². The van der Waals surface area contributed by atoms with E-state index in [-0.39, 0.29) is 22.8 Å². The van der Waals surface area contributed by atoms with Gasteiger partial charge in [0.2, 0.25) is 0 Å². The van der Waals surface area contributed by atoms with E-state index in [0.29, 0.717) is 0 Å². The molecule has 0 aliphatic rings. The first-order valence-electron chi connectivity index (χ1n) is 5.62. The van der Waals surface area contributed by atoms with Crippen molar-refractivity contribution in [2.24, 2.45) is 0 Å². The number of rotatable bonds is 5. The molecule has 2 aromatic carbocycles. The molecule has 0 spiro atoms. The zero-order valence-corrected chi connectivity index (χ0v) is 11.3. The molecule has 8 heteroatoms. The summed E-state index contributed by atoms with van der Waals surface area (Å²) in [5, 5.41) is 17.9. The molecule has 0 radical (unpaired) electrons. The average molecular weight is 310 g/mol. The van der Waals surface area contributed by atoms with Crippen LogP contribution in [-0.2, 0) is 10.4 Å². The highest BCUT2D eigenvalue weighted by Crippen LogP contribution is 2.21. The minimum atomic E-state index is -4.40. The number of aromatic hydroxyl groups is 1. The zero-order chi connectivity index (χ0) is 15.5. The van der Waals surface area contributed by atoms with Crippen LogP contribution in [0, 0.1) is 0 Å². The van der Waals surface area contributed by atoms with Gasteiger partial charge in [-0.2, -0.15) is 0 Å². The largest absolute Gasteiger partial charge is 0.508 e. The number of aromatic carboxylic acids is 1. The van der Waals surface area contributed by atoms with Crippen LogP contribution in [0.1, 0.15) is 10.4 Å². The van der Waals surface area contributed by atoms with Crippen LogP contribution < -0.4 is 8.37 Å². The lowest BCUT2D eigenvalue weighted by atomic mass is 10.2. The van der Waals surface area contributed by atoms with Crippen LogP contribution in [0.3, 0.4) is 0 Å². The second-order valence-electron chi connectivity index (χ2n) is 3.90. The number of carbonyl (C=O) groups is 1. The quantitative estimate of drug-likeness (QED) is 0.866. The summed E-state index contributed by atoms with van der Waals surface area (Å²) in [6.07, 6.45) is 0. The zero-order valence-electron chi connectivity index (χ0n) is 10.5. The number of hydrogen-bond acceptors (Lipinski definition) is 6. The van der Waals surface area contributed by atoms with Crippen LogP contribution in [0.5, 0.6) is 17.2 Å². The van der Waals surface area contributed by atoms with E-state index in [1.165, 1.54) is 42.5 Å². The Bertz CT molecular complexity index is 750. The predicted octanol–water partition coefficient (Wildman–Crippen LogP) is 1.79. The third-order valence-electron chi connectivity index (χ3n) is 2.32. The van der Waals surface area contributed by atoms with Gasteiger partial charge in [-0.25, -0.2) is 4.79 Å². The summed E-state index contributed by atoms with van der Waals surface area (Å²) in [5.41, 5.74) is -0.00588. The van der Waals surface area contributed by atoms with Crippen molar-refractivity contribution in [3.8, 4) is 17.2 Å². The number of benzene rings is 2. The normalized spacial score (nSPS) is 10.9. The number of phenolic OH excluding ortho intramolecular Hbond substituents is 1. The summed E-state index contributed by atoms with van der Waals surface area (Å²) in [5.74, 6) is -1.51. The molecule has 0 aliphatic carbocycles. The van der Waals surface area contributed by atoms with E-state index in [0.717, 1.165) is 6.07 Å². The Labute approximate surface area is 120 Å². The number of carboxylic acid groups (broad SMARTS) is 1. The van der Waals surface area contributed by atoms with E-state index in [1.807, 2.05) is 0 Å². The topological polar surface area (TPSA) is 110 Å². The summed E-state index contributed by atoms with van der Waals surface area (Å²) in [4.78, 5) is 10.7. The maximum Gasteiger partial charge on any atom is 0.500 e. The highest BCUT2D eigenvalue weighted by molar-refractivity contribution is 7.82. The Kier molecular flexibility index (Phi) is 3.99. The summed E-state index contributed by atoms with van der Waals surface area (Å²) in [7, 11) is -4.40. The van der Waals surface area contributed by atoms with E-state index in [1.54, 1.807) is 0 Å². The maximum atomic E-state index is 11.7. The standard InChI is InChI=1S/C13H10O7S/c14-10-2-1-3-12(8-10)20-21(17,18)19-11-6-4-9(5-7-11)13(15)16/h1-8,14H,(H,15,16). The molecule has 7 nitrogen and oxygen atoms in total. The van der Waals surface area contributed by atoms with Crippen LogP contribution in [0.15, 0.2) is 48.5 Å². The fraction of sp³-hybridized carbons (Fsp3) is 0. The summed E-state index contributed by atoms with van der Waals surface area (Å²) in [6, 6.07) is 9.96. The van der Waals surface area contributed by atoms with Gasteiger partial charge in [0, 0.05) is 6.07 Å². The number of hydrogen-bond donors (Lipinski definition) is 2. The van der Waals surface area contributed by atoms with Crippen molar-refractivity contribution in [2.45, 2.75) is 0 Å². The fourth-order valence-electron chi connectivity index (χ4n) is 1.44. The van der Waals surface area contributed by atoms with Crippen LogP contribution in [0.25, 0.3) is 0 Å². The van der Waals surface area contributed by atoms with Crippen LogP contribution >= 0.6 is 0 Å². The minimum absolute atomic E-state index is 0.00588. The van der Waals surface area contributed by atoms with Crippen molar-refractivity contribution in [1.82, 2.24) is 0 Å². The summed E-state index contributed by atoms with van der Waals surface area (Å²) < 4.78 is 32.6. The molecular weight excluding hydrogens is 300 g/mol. The number of carboxylic acids is 1. The molecule has 2 aromatic rings. The molecule has 2 N–H and O–H groups in total. The monoisotopic (exact) mass is 310 g/mol.